The summed E-state index contributed by atoms with van der Waals surface area (Å²) in [6.45, 7) is 2.00. The Morgan fingerprint density at radius 2 is 2.30 bits per heavy atom. The van der Waals surface area contributed by atoms with E-state index in [0.29, 0.717) is 18.5 Å². The zero-order valence-electron chi connectivity index (χ0n) is 11.3. The second-order valence-electron chi connectivity index (χ2n) is 4.62. The lowest BCUT2D eigenvalue weighted by Gasteiger charge is -2.12. The summed E-state index contributed by atoms with van der Waals surface area (Å²) in [7, 11) is 1.34. The van der Waals surface area contributed by atoms with E-state index >= 15 is 0 Å². The maximum absolute atomic E-state index is 11.5. The van der Waals surface area contributed by atoms with Crippen LogP contribution < -0.4 is 10.1 Å². The standard InChI is InChI=1S/C14H16ClNO4/c1-8(15)13(17)16-7-11-6-10-5-9(14(18)19-2)3-4-12(10)20-11/h3-5,8,11H,6-7H2,1-2H3,(H,16,17)/t8-,11+/m0/s1. The van der Waals surface area contributed by atoms with Crippen molar-refractivity contribution in [3.05, 3.63) is 29.3 Å². The number of ether oxygens (including phenoxy) is 2. The number of nitrogens with one attached hydrogen (secondary N) is 1. The minimum atomic E-state index is -0.565. The predicted octanol–water partition coefficient (Wildman–Crippen LogP) is 1.52. The fourth-order valence-electron chi connectivity index (χ4n) is 2.03. The van der Waals surface area contributed by atoms with E-state index in [2.05, 4.69) is 10.1 Å². The van der Waals surface area contributed by atoms with Crippen molar-refractivity contribution in [3.63, 3.8) is 0 Å². The van der Waals surface area contributed by atoms with Crippen LogP contribution in [0.1, 0.15) is 22.8 Å². The number of alkyl halides is 1. The Labute approximate surface area is 122 Å². The van der Waals surface area contributed by atoms with E-state index in [1.165, 1.54) is 7.11 Å². The number of methoxy groups -OCH3 is 1. The van der Waals surface area contributed by atoms with Crippen LogP contribution in [0, 0.1) is 0 Å². The number of amides is 1. The van der Waals surface area contributed by atoms with Gasteiger partial charge in [0.1, 0.15) is 17.2 Å². The van der Waals surface area contributed by atoms with Gasteiger partial charge >= 0.3 is 5.97 Å². The van der Waals surface area contributed by atoms with Gasteiger partial charge in [0.05, 0.1) is 19.2 Å². The molecular weight excluding hydrogens is 282 g/mol. The smallest absolute Gasteiger partial charge is 0.337 e. The lowest BCUT2D eigenvalue weighted by molar-refractivity contribution is -0.120. The Bertz CT molecular complexity index is 530. The number of carbonyl (C=O) groups excluding carboxylic acids is 2. The maximum atomic E-state index is 11.5. The first-order valence-electron chi connectivity index (χ1n) is 6.31. The van der Waals surface area contributed by atoms with Crippen LogP contribution in [0.25, 0.3) is 0 Å². The summed E-state index contributed by atoms with van der Waals surface area (Å²) >= 11 is 5.67. The van der Waals surface area contributed by atoms with Crippen LogP contribution in [-0.2, 0) is 16.0 Å². The van der Waals surface area contributed by atoms with Crippen molar-refractivity contribution in [1.82, 2.24) is 5.32 Å². The number of hydrogen-bond donors (Lipinski definition) is 1. The molecule has 0 unspecified atom stereocenters. The van der Waals surface area contributed by atoms with Gasteiger partial charge in [0.25, 0.3) is 0 Å². The zero-order valence-corrected chi connectivity index (χ0v) is 12.1. The van der Waals surface area contributed by atoms with Gasteiger partial charge in [0, 0.05) is 6.42 Å². The molecule has 1 aromatic rings. The monoisotopic (exact) mass is 297 g/mol. The van der Waals surface area contributed by atoms with Crippen LogP contribution in [-0.4, -0.2) is 37.0 Å². The largest absolute Gasteiger partial charge is 0.488 e. The fraction of sp³-hybridized carbons (Fsp3) is 0.429. The lowest BCUT2D eigenvalue weighted by atomic mass is 10.1. The third kappa shape index (κ3) is 3.22. The number of rotatable bonds is 4. The lowest BCUT2D eigenvalue weighted by Crippen LogP contribution is -2.37. The fourth-order valence-corrected chi connectivity index (χ4v) is 2.11. The van der Waals surface area contributed by atoms with Crippen molar-refractivity contribution in [2.45, 2.75) is 24.8 Å². The molecule has 0 radical (unpaired) electrons. The van der Waals surface area contributed by atoms with Crippen molar-refractivity contribution in [1.29, 1.82) is 0 Å². The van der Waals surface area contributed by atoms with Crippen molar-refractivity contribution in [3.8, 4) is 5.75 Å². The van der Waals surface area contributed by atoms with Crippen LogP contribution in [0.5, 0.6) is 5.75 Å². The second kappa shape index (κ2) is 6.13. The molecule has 0 aromatic heterocycles. The number of carbonyl (C=O) groups is 2. The Balaban J connectivity index is 1.97. The molecule has 0 aliphatic carbocycles. The summed E-state index contributed by atoms with van der Waals surface area (Å²) in [5.74, 6) is 0.137. The molecule has 0 fully saturated rings. The van der Waals surface area contributed by atoms with Crippen molar-refractivity contribution >= 4 is 23.5 Å². The average molecular weight is 298 g/mol. The summed E-state index contributed by atoms with van der Waals surface area (Å²) < 4.78 is 10.4. The van der Waals surface area contributed by atoms with Crippen molar-refractivity contribution in [2.24, 2.45) is 0 Å². The van der Waals surface area contributed by atoms with E-state index in [-0.39, 0.29) is 18.0 Å². The maximum Gasteiger partial charge on any atom is 0.337 e. The van der Waals surface area contributed by atoms with Crippen LogP contribution in [0.15, 0.2) is 18.2 Å². The van der Waals surface area contributed by atoms with Crippen LogP contribution >= 0.6 is 11.6 Å². The van der Waals surface area contributed by atoms with E-state index in [9.17, 15) is 9.59 Å². The minimum absolute atomic E-state index is 0.141. The normalized spacial score (nSPS) is 17.9. The van der Waals surface area contributed by atoms with E-state index in [4.69, 9.17) is 16.3 Å². The van der Waals surface area contributed by atoms with Gasteiger partial charge in [-0.15, -0.1) is 11.6 Å². The summed E-state index contributed by atoms with van der Waals surface area (Å²) in [4.78, 5) is 22.8. The molecule has 0 saturated carbocycles. The molecule has 20 heavy (non-hydrogen) atoms. The first-order chi connectivity index (χ1) is 9.51. The van der Waals surface area contributed by atoms with Crippen LogP contribution in [0.4, 0.5) is 0 Å². The highest BCUT2D eigenvalue weighted by atomic mass is 35.5. The van der Waals surface area contributed by atoms with Gasteiger partial charge in [0.15, 0.2) is 0 Å². The molecular formula is C14H16ClNO4. The number of fused-ring (bicyclic) bond motifs is 1. The zero-order chi connectivity index (χ0) is 14.7. The quantitative estimate of drug-likeness (QED) is 0.676. The van der Waals surface area contributed by atoms with Crippen LogP contribution in [0.2, 0.25) is 0 Å². The van der Waals surface area contributed by atoms with Gasteiger partial charge in [-0.05, 0) is 30.7 Å². The molecule has 0 spiro atoms. The first kappa shape index (κ1) is 14.7. The molecule has 2 atom stereocenters. The van der Waals surface area contributed by atoms with Crippen molar-refractivity contribution in [2.75, 3.05) is 13.7 Å². The molecule has 108 valence electrons. The van der Waals surface area contributed by atoms with Crippen LogP contribution in [0.3, 0.4) is 0 Å². The highest BCUT2D eigenvalue weighted by molar-refractivity contribution is 6.30. The summed E-state index contributed by atoms with van der Waals surface area (Å²) in [6.07, 6.45) is 0.495. The third-order valence-corrected chi connectivity index (χ3v) is 3.29. The molecule has 5 nitrogen and oxygen atoms in total. The Morgan fingerprint density at radius 3 is 2.95 bits per heavy atom. The predicted molar refractivity (Wildman–Crippen MR) is 74.2 cm³/mol. The van der Waals surface area contributed by atoms with E-state index < -0.39 is 5.38 Å². The first-order valence-corrected chi connectivity index (χ1v) is 6.74. The number of esters is 1. The summed E-state index contributed by atoms with van der Waals surface area (Å²) in [6, 6.07) is 5.16. The molecule has 1 aliphatic heterocycles. The van der Waals surface area contributed by atoms with Gasteiger partial charge in [-0.2, -0.15) is 0 Å². The average Bonchev–Trinajstić information content (AvgIpc) is 2.85. The summed E-state index contributed by atoms with van der Waals surface area (Å²) in [5.41, 5.74) is 1.43. The van der Waals surface area contributed by atoms with Gasteiger partial charge in [-0.1, -0.05) is 0 Å². The van der Waals surface area contributed by atoms with E-state index in [1.54, 1.807) is 25.1 Å². The molecule has 2 rings (SSSR count). The van der Waals surface area contributed by atoms with Crippen molar-refractivity contribution < 1.29 is 19.1 Å². The van der Waals surface area contributed by atoms with Gasteiger partial charge in [0.2, 0.25) is 5.91 Å². The molecule has 1 aliphatic rings. The number of halogens is 1. The molecule has 1 N–H and O–H groups in total. The molecule has 1 amide bonds. The molecule has 1 heterocycles. The highest BCUT2D eigenvalue weighted by Crippen LogP contribution is 2.29. The number of hydrogen-bond acceptors (Lipinski definition) is 4. The molecule has 1 aromatic carbocycles. The Hall–Kier alpha value is -1.75. The molecule has 0 saturated heterocycles. The molecule has 6 heteroatoms. The van der Waals surface area contributed by atoms with Gasteiger partial charge in [-0.3, -0.25) is 4.79 Å². The third-order valence-electron chi connectivity index (χ3n) is 3.09. The minimum Gasteiger partial charge on any atom is -0.488 e. The SMILES string of the molecule is COC(=O)c1ccc2c(c1)C[C@H](CNC(=O)[C@H](C)Cl)O2. The molecule has 0 bridgehead atoms. The summed E-state index contributed by atoms with van der Waals surface area (Å²) in [5, 5.41) is 2.15. The van der Waals surface area contributed by atoms with Gasteiger partial charge < -0.3 is 14.8 Å². The van der Waals surface area contributed by atoms with E-state index in [1.807, 2.05) is 0 Å². The Kier molecular flexibility index (Phi) is 4.49. The van der Waals surface area contributed by atoms with Gasteiger partial charge in [-0.25, -0.2) is 4.79 Å². The van der Waals surface area contributed by atoms with E-state index in [0.717, 1.165) is 11.3 Å². The highest BCUT2D eigenvalue weighted by Gasteiger charge is 2.25. The second-order valence-corrected chi connectivity index (χ2v) is 5.27. The number of benzene rings is 1. The Morgan fingerprint density at radius 1 is 1.55 bits per heavy atom. The topological polar surface area (TPSA) is 64.6 Å².